The van der Waals surface area contributed by atoms with Crippen molar-refractivity contribution in [2.45, 2.75) is 27.2 Å². The van der Waals surface area contributed by atoms with E-state index in [1.165, 1.54) is 11.3 Å². The highest BCUT2D eigenvalue weighted by atomic mass is 35.5. The van der Waals surface area contributed by atoms with Gasteiger partial charge in [0.2, 0.25) is 0 Å². The molecule has 146 valence electrons. The first-order valence-corrected chi connectivity index (χ1v) is 10.0. The molecule has 8 heteroatoms. The van der Waals surface area contributed by atoms with E-state index in [9.17, 15) is 9.59 Å². The van der Waals surface area contributed by atoms with Crippen LogP contribution in [0.1, 0.15) is 34.4 Å². The molecule has 2 aromatic heterocycles. The summed E-state index contributed by atoms with van der Waals surface area (Å²) in [5.74, 6) is -0.703. The van der Waals surface area contributed by atoms with Crippen molar-refractivity contribution in [3.05, 3.63) is 63.4 Å². The number of esters is 1. The Labute approximate surface area is 172 Å². The molecule has 0 aliphatic carbocycles. The summed E-state index contributed by atoms with van der Waals surface area (Å²) in [6.07, 6.45) is 0.0721. The number of thiazole rings is 1. The van der Waals surface area contributed by atoms with Crippen LogP contribution in [0.5, 0.6) is 0 Å². The van der Waals surface area contributed by atoms with Crippen molar-refractivity contribution < 1.29 is 14.3 Å². The fourth-order valence-corrected chi connectivity index (χ4v) is 3.78. The van der Waals surface area contributed by atoms with E-state index < -0.39 is 0 Å². The fraction of sp³-hybridized carbons (Fsp3) is 0.250. The van der Waals surface area contributed by atoms with Crippen LogP contribution in [0.3, 0.4) is 0 Å². The first-order chi connectivity index (χ1) is 13.4. The summed E-state index contributed by atoms with van der Waals surface area (Å²) in [4.78, 5) is 28.5. The minimum absolute atomic E-state index is 0.0721. The van der Waals surface area contributed by atoms with Crippen LogP contribution in [0.2, 0.25) is 5.02 Å². The Balaban J connectivity index is 1.79. The summed E-state index contributed by atoms with van der Waals surface area (Å²) in [6.45, 7) is 6.07. The molecule has 1 amide bonds. The number of hydrogen-bond donors (Lipinski definition) is 1. The number of nitrogens with one attached hydrogen (secondary N) is 1. The van der Waals surface area contributed by atoms with Crippen LogP contribution in [-0.4, -0.2) is 28.0 Å². The summed E-state index contributed by atoms with van der Waals surface area (Å²) in [6, 6.07) is 9.37. The van der Waals surface area contributed by atoms with Gasteiger partial charge in [-0.3, -0.25) is 14.9 Å². The van der Waals surface area contributed by atoms with E-state index in [1.807, 2.05) is 36.6 Å². The lowest BCUT2D eigenvalue weighted by atomic mass is 10.1. The number of nitrogens with zero attached hydrogens (tertiary/aromatic N) is 2. The predicted molar refractivity (Wildman–Crippen MR) is 111 cm³/mol. The van der Waals surface area contributed by atoms with Gasteiger partial charge in [0, 0.05) is 22.5 Å². The van der Waals surface area contributed by atoms with Crippen LogP contribution in [0.25, 0.3) is 5.69 Å². The molecule has 2 heterocycles. The molecule has 6 nitrogen and oxygen atoms in total. The third kappa shape index (κ3) is 4.43. The molecule has 0 fully saturated rings. The van der Waals surface area contributed by atoms with E-state index in [2.05, 4.69) is 10.3 Å². The molecular formula is C20H20ClN3O3S. The van der Waals surface area contributed by atoms with Gasteiger partial charge in [0.15, 0.2) is 5.13 Å². The van der Waals surface area contributed by atoms with E-state index in [4.69, 9.17) is 16.3 Å². The number of ether oxygens (including phenoxy) is 1. The number of carbonyl (C=O) groups excluding carboxylic acids is 2. The molecule has 0 radical (unpaired) electrons. The van der Waals surface area contributed by atoms with Crippen LogP contribution < -0.4 is 5.32 Å². The standard InChI is InChI=1S/C20H20ClN3O3S/c1-4-27-18(25)9-14-11-28-20(22-14)23-19(26)16-10-15(7-8-17(16)21)24-12(2)5-6-13(24)3/h5-8,10-11H,4,9H2,1-3H3,(H,22,23,26). The zero-order chi connectivity index (χ0) is 20.3. The van der Waals surface area contributed by atoms with Crippen molar-refractivity contribution >= 4 is 39.9 Å². The number of rotatable bonds is 6. The lowest BCUT2D eigenvalue weighted by Crippen LogP contribution is -2.13. The smallest absolute Gasteiger partial charge is 0.311 e. The highest BCUT2D eigenvalue weighted by Gasteiger charge is 2.16. The van der Waals surface area contributed by atoms with Gasteiger partial charge in [0.25, 0.3) is 5.91 Å². The number of hydrogen-bond acceptors (Lipinski definition) is 5. The van der Waals surface area contributed by atoms with Gasteiger partial charge in [0.05, 0.1) is 29.3 Å². The molecule has 3 aromatic rings. The maximum Gasteiger partial charge on any atom is 0.311 e. The summed E-state index contributed by atoms with van der Waals surface area (Å²) >= 11 is 7.51. The molecule has 0 unspecified atom stereocenters. The Hall–Kier alpha value is -2.64. The first-order valence-electron chi connectivity index (χ1n) is 8.75. The fourth-order valence-electron chi connectivity index (χ4n) is 2.87. The van der Waals surface area contributed by atoms with Crippen molar-refractivity contribution in [3.63, 3.8) is 0 Å². The molecule has 0 spiro atoms. The molecular weight excluding hydrogens is 398 g/mol. The largest absolute Gasteiger partial charge is 0.466 e. The van der Waals surface area contributed by atoms with Crippen molar-refractivity contribution in [2.24, 2.45) is 0 Å². The molecule has 0 atom stereocenters. The Bertz CT molecular complexity index is 1010. The minimum Gasteiger partial charge on any atom is -0.466 e. The molecule has 0 saturated carbocycles. The molecule has 3 rings (SSSR count). The number of aryl methyl sites for hydroxylation is 2. The number of aromatic nitrogens is 2. The van der Waals surface area contributed by atoms with Gasteiger partial charge in [0.1, 0.15) is 0 Å². The van der Waals surface area contributed by atoms with Gasteiger partial charge in [-0.05, 0) is 51.1 Å². The summed E-state index contributed by atoms with van der Waals surface area (Å²) in [5.41, 5.74) is 3.90. The van der Waals surface area contributed by atoms with Crippen molar-refractivity contribution in [1.29, 1.82) is 0 Å². The van der Waals surface area contributed by atoms with Crippen molar-refractivity contribution in [1.82, 2.24) is 9.55 Å². The maximum absolute atomic E-state index is 12.7. The molecule has 0 aliphatic heterocycles. The van der Waals surface area contributed by atoms with E-state index in [1.54, 1.807) is 24.4 Å². The maximum atomic E-state index is 12.7. The number of carbonyl (C=O) groups is 2. The number of halogens is 1. The third-order valence-electron chi connectivity index (χ3n) is 4.13. The average molecular weight is 418 g/mol. The van der Waals surface area contributed by atoms with Gasteiger partial charge in [-0.2, -0.15) is 0 Å². The number of benzene rings is 1. The Morgan fingerprint density at radius 1 is 1.21 bits per heavy atom. The Morgan fingerprint density at radius 3 is 2.61 bits per heavy atom. The van der Waals surface area contributed by atoms with Gasteiger partial charge >= 0.3 is 5.97 Å². The lowest BCUT2D eigenvalue weighted by molar-refractivity contribution is -0.142. The van der Waals surface area contributed by atoms with Gasteiger partial charge in [-0.25, -0.2) is 4.98 Å². The topological polar surface area (TPSA) is 73.2 Å². The average Bonchev–Trinajstić information content (AvgIpc) is 3.22. The number of anilines is 1. The summed E-state index contributed by atoms with van der Waals surface area (Å²) < 4.78 is 6.96. The molecule has 1 N–H and O–H groups in total. The van der Waals surface area contributed by atoms with Crippen molar-refractivity contribution in [2.75, 3.05) is 11.9 Å². The zero-order valence-electron chi connectivity index (χ0n) is 15.8. The lowest BCUT2D eigenvalue weighted by Gasteiger charge is -2.12. The molecule has 0 saturated heterocycles. The SMILES string of the molecule is CCOC(=O)Cc1csc(NC(=O)c2cc(-n3c(C)ccc3C)ccc2Cl)n1. The van der Waals surface area contributed by atoms with Gasteiger partial charge in [-0.15, -0.1) is 11.3 Å². The molecule has 0 aliphatic rings. The van der Waals surface area contributed by atoms with E-state index in [0.717, 1.165) is 17.1 Å². The summed E-state index contributed by atoms with van der Waals surface area (Å²) in [5, 5.41) is 5.22. The van der Waals surface area contributed by atoms with Crippen LogP contribution in [0.4, 0.5) is 5.13 Å². The van der Waals surface area contributed by atoms with Gasteiger partial charge < -0.3 is 9.30 Å². The highest BCUT2D eigenvalue weighted by molar-refractivity contribution is 7.14. The van der Waals surface area contributed by atoms with Gasteiger partial charge in [-0.1, -0.05) is 11.6 Å². The second kappa shape index (κ2) is 8.58. The van der Waals surface area contributed by atoms with Crippen LogP contribution in [-0.2, 0) is 16.0 Å². The second-order valence-corrected chi connectivity index (χ2v) is 7.46. The van der Waals surface area contributed by atoms with E-state index in [0.29, 0.717) is 28.0 Å². The number of amides is 1. The molecule has 28 heavy (non-hydrogen) atoms. The minimum atomic E-state index is -0.355. The van der Waals surface area contributed by atoms with Crippen LogP contribution >= 0.6 is 22.9 Å². The van der Waals surface area contributed by atoms with Crippen molar-refractivity contribution in [3.8, 4) is 5.69 Å². The van der Waals surface area contributed by atoms with Crippen LogP contribution in [0.15, 0.2) is 35.7 Å². The van der Waals surface area contributed by atoms with E-state index in [-0.39, 0.29) is 18.3 Å². The first kappa shape index (κ1) is 20.1. The Kier molecular flexibility index (Phi) is 6.16. The second-order valence-electron chi connectivity index (χ2n) is 6.20. The highest BCUT2D eigenvalue weighted by Crippen LogP contribution is 2.25. The summed E-state index contributed by atoms with van der Waals surface area (Å²) in [7, 11) is 0. The quantitative estimate of drug-likeness (QED) is 0.596. The van der Waals surface area contributed by atoms with E-state index >= 15 is 0 Å². The third-order valence-corrected chi connectivity index (χ3v) is 5.26. The predicted octanol–water partition coefficient (Wildman–Crippen LogP) is 4.56. The van der Waals surface area contributed by atoms with Crippen LogP contribution in [0, 0.1) is 13.8 Å². The normalized spacial score (nSPS) is 10.7. The monoisotopic (exact) mass is 417 g/mol. The zero-order valence-corrected chi connectivity index (χ0v) is 17.4. The molecule has 1 aromatic carbocycles. The Morgan fingerprint density at radius 2 is 1.93 bits per heavy atom. The molecule has 0 bridgehead atoms.